The molecule has 0 radical (unpaired) electrons. The lowest BCUT2D eigenvalue weighted by atomic mass is 10.0. The van der Waals surface area contributed by atoms with Gasteiger partial charge in [0.2, 0.25) is 0 Å². The molecule has 1 aliphatic carbocycles. The van der Waals surface area contributed by atoms with Gasteiger partial charge in [-0.25, -0.2) is 0 Å². The highest BCUT2D eigenvalue weighted by molar-refractivity contribution is 5.82. The van der Waals surface area contributed by atoms with Gasteiger partial charge in [-0.15, -0.1) is 0 Å². The van der Waals surface area contributed by atoms with Crippen LogP contribution in [0.2, 0.25) is 0 Å². The van der Waals surface area contributed by atoms with E-state index in [1.54, 1.807) is 0 Å². The maximum atomic E-state index is 9.21. The molecule has 1 N–H and O–H groups in total. The van der Waals surface area contributed by atoms with Gasteiger partial charge < -0.3 is 9.52 Å². The van der Waals surface area contributed by atoms with E-state index in [1.807, 2.05) is 32.9 Å². The number of fused-ring (bicyclic) bond motifs is 1. The minimum Gasteiger partial charge on any atom is -0.461 e. The molecule has 2 nitrogen and oxygen atoms in total. The fourth-order valence-electron chi connectivity index (χ4n) is 2.93. The van der Waals surface area contributed by atoms with Gasteiger partial charge >= 0.3 is 0 Å². The Hall–Kier alpha value is -1.28. The first-order chi connectivity index (χ1) is 9.28. The van der Waals surface area contributed by atoms with E-state index in [0.29, 0.717) is 5.92 Å². The zero-order valence-electron chi connectivity index (χ0n) is 12.2. The summed E-state index contributed by atoms with van der Waals surface area (Å²) < 4.78 is 6.00. The van der Waals surface area contributed by atoms with Gasteiger partial charge in [0, 0.05) is 11.3 Å². The molecule has 0 spiro atoms. The van der Waals surface area contributed by atoms with E-state index in [4.69, 9.17) is 4.42 Å². The molecule has 0 aliphatic heterocycles. The van der Waals surface area contributed by atoms with Crippen LogP contribution in [-0.2, 0) is 6.61 Å². The second kappa shape index (κ2) is 6.25. The molecule has 104 valence electrons. The van der Waals surface area contributed by atoms with E-state index >= 15 is 0 Å². The van der Waals surface area contributed by atoms with Gasteiger partial charge in [-0.3, -0.25) is 0 Å². The first-order valence-corrected chi connectivity index (χ1v) is 7.42. The molecule has 1 aromatic heterocycles. The molecule has 1 fully saturated rings. The Morgan fingerprint density at radius 3 is 2.47 bits per heavy atom. The number of aliphatic hydroxyl groups is 1. The second-order valence-corrected chi connectivity index (χ2v) is 5.12. The van der Waals surface area contributed by atoms with Crippen LogP contribution in [0.15, 0.2) is 22.6 Å². The molecule has 0 amide bonds. The molecule has 3 rings (SSSR count). The molecule has 1 saturated carbocycles. The molecule has 1 aromatic carbocycles. The lowest BCUT2D eigenvalue weighted by Gasteiger charge is -2.03. The first-order valence-electron chi connectivity index (χ1n) is 7.42. The summed E-state index contributed by atoms with van der Waals surface area (Å²) in [7, 11) is 0. The van der Waals surface area contributed by atoms with Crippen molar-refractivity contribution >= 4 is 11.0 Å². The minimum absolute atomic E-state index is 0.0979. The highest BCUT2D eigenvalue weighted by Crippen LogP contribution is 2.37. The molecular formula is C17H24O2. The van der Waals surface area contributed by atoms with Gasteiger partial charge in [-0.1, -0.05) is 32.8 Å². The molecule has 2 aromatic rings. The molecule has 19 heavy (non-hydrogen) atoms. The number of hydrogen-bond donors (Lipinski definition) is 1. The standard InChI is InChI=1S/C15H18O2.C2H6/c1-10-6-11(9-16)7-13-8-14(17-15(10)13)12-4-2-3-5-12;1-2/h6-8,12,16H,2-5,9H2,1H3;1-2H3. The SMILES string of the molecule is CC.Cc1cc(CO)cc2cc(C3CCCC3)oc12. The van der Waals surface area contributed by atoms with E-state index in [1.165, 1.54) is 25.7 Å². The number of rotatable bonds is 2. The average Bonchev–Trinajstić information content (AvgIpc) is 3.09. The Kier molecular flexibility index (Phi) is 4.65. The van der Waals surface area contributed by atoms with Crippen molar-refractivity contribution in [2.75, 3.05) is 0 Å². The summed E-state index contributed by atoms with van der Waals surface area (Å²) in [4.78, 5) is 0. The van der Waals surface area contributed by atoms with Crippen LogP contribution in [0.5, 0.6) is 0 Å². The molecule has 0 saturated heterocycles. The van der Waals surface area contributed by atoms with Gasteiger partial charge in [0.1, 0.15) is 11.3 Å². The lowest BCUT2D eigenvalue weighted by molar-refractivity contribution is 0.282. The predicted octanol–water partition coefficient (Wildman–Crippen LogP) is 4.92. The fourth-order valence-corrected chi connectivity index (χ4v) is 2.93. The monoisotopic (exact) mass is 260 g/mol. The number of benzene rings is 1. The van der Waals surface area contributed by atoms with Crippen molar-refractivity contribution in [3.05, 3.63) is 35.1 Å². The van der Waals surface area contributed by atoms with Crippen molar-refractivity contribution in [3.63, 3.8) is 0 Å². The van der Waals surface area contributed by atoms with Crippen molar-refractivity contribution in [2.24, 2.45) is 0 Å². The van der Waals surface area contributed by atoms with E-state index < -0.39 is 0 Å². The maximum Gasteiger partial charge on any atom is 0.137 e. The zero-order chi connectivity index (χ0) is 13.8. The largest absolute Gasteiger partial charge is 0.461 e. The first kappa shape index (κ1) is 14.1. The van der Waals surface area contributed by atoms with Crippen molar-refractivity contribution in [1.82, 2.24) is 0 Å². The van der Waals surface area contributed by atoms with Crippen molar-refractivity contribution in [1.29, 1.82) is 0 Å². The van der Waals surface area contributed by atoms with E-state index in [0.717, 1.165) is 27.9 Å². The maximum absolute atomic E-state index is 9.21. The Labute approximate surface area is 115 Å². The van der Waals surface area contributed by atoms with Crippen LogP contribution in [0.25, 0.3) is 11.0 Å². The summed E-state index contributed by atoms with van der Waals surface area (Å²) in [5, 5.41) is 10.3. The third-order valence-corrected chi connectivity index (χ3v) is 3.82. The van der Waals surface area contributed by atoms with E-state index in [9.17, 15) is 5.11 Å². The Balaban J connectivity index is 0.000000637. The minimum atomic E-state index is 0.0979. The molecule has 1 heterocycles. The van der Waals surface area contributed by atoms with Crippen LogP contribution in [0.1, 0.15) is 62.3 Å². The summed E-state index contributed by atoms with van der Waals surface area (Å²) >= 11 is 0. The molecule has 2 heteroatoms. The third kappa shape index (κ3) is 2.84. The Morgan fingerprint density at radius 1 is 1.16 bits per heavy atom. The number of hydrogen-bond acceptors (Lipinski definition) is 2. The number of aliphatic hydroxyl groups excluding tert-OH is 1. The zero-order valence-corrected chi connectivity index (χ0v) is 12.2. The molecule has 0 bridgehead atoms. The van der Waals surface area contributed by atoms with Gasteiger partial charge in [0.15, 0.2) is 0 Å². The summed E-state index contributed by atoms with van der Waals surface area (Å²) in [6.07, 6.45) is 5.16. The van der Waals surface area contributed by atoms with Crippen LogP contribution in [0.4, 0.5) is 0 Å². The molecular weight excluding hydrogens is 236 g/mol. The summed E-state index contributed by atoms with van der Waals surface area (Å²) in [6.45, 7) is 6.14. The smallest absolute Gasteiger partial charge is 0.137 e. The van der Waals surface area contributed by atoms with Crippen LogP contribution in [0, 0.1) is 6.92 Å². The van der Waals surface area contributed by atoms with Crippen molar-refractivity contribution in [2.45, 2.75) is 59.0 Å². The third-order valence-electron chi connectivity index (χ3n) is 3.82. The van der Waals surface area contributed by atoms with Crippen LogP contribution in [-0.4, -0.2) is 5.11 Å². The Bertz CT molecular complexity index is 533. The van der Waals surface area contributed by atoms with Gasteiger partial charge in [0.05, 0.1) is 6.61 Å². The molecule has 0 unspecified atom stereocenters. The number of furan rings is 1. The second-order valence-electron chi connectivity index (χ2n) is 5.12. The van der Waals surface area contributed by atoms with Crippen molar-refractivity contribution < 1.29 is 9.52 Å². The van der Waals surface area contributed by atoms with Gasteiger partial charge in [-0.2, -0.15) is 0 Å². The fraction of sp³-hybridized carbons (Fsp3) is 0.529. The summed E-state index contributed by atoms with van der Waals surface area (Å²) in [5.41, 5.74) is 3.08. The van der Waals surface area contributed by atoms with Crippen LogP contribution in [0.3, 0.4) is 0 Å². The normalized spacial score (nSPS) is 15.6. The number of aryl methyl sites for hydroxylation is 1. The average molecular weight is 260 g/mol. The van der Waals surface area contributed by atoms with Crippen molar-refractivity contribution in [3.8, 4) is 0 Å². The molecule has 1 aliphatic rings. The quantitative estimate of drug-likeness (QED) is 0.831. The highest BCUT2D eigenvalue weighted by atomic mass is 16.3. The Morgan fingerprint density at radius 2 is 1.84 bits per heavy atom. The topological polar surface area (TPSA) is 33.4 Å². The highest BCUT2D eigenvalue weighted by Gasteiger charge is 2.21. The van der Waals surface area contributed by atoms with E-state index in [2.05, 4.69) is 6.07 Å². The summed E-state index contributed by atoms with van der Waals surface area (Å²) in [6, 6.07) is 6.20. The summed E-state index contributed by atoms with van der Waals surface area (Å²) in [5.74, 6) is 1.75. The van der Waals surface area contributed by atoms with Gasteiger partial charge in [-0.05, 0) is 43.0 Å². The predicted molar refractivity (Wildman–Crippen MR) is 79.4 cm³/mol. The molecule has 0 atom stereocenters. The van der Waals surface area contributed by atoms with Crippen LogP contribution < -0.4 is 0 Å². The van der Waals surface area contributed by atoms with Crippen LogP contribution >= 0.6 is 0 Å². The lowest BCUT2D eigenvalue weighted by Crippen LogP contribution is -1.87. The van der Waals surface area contributed by atoms with E-state index in [-0.39, 0.29) is 6.61 Å². The van der Waals surface area contributed by atoms with Gasteiger partial charge in [0.25, 0.3) is 0 Å².